The van der Waals surface area contributed by atoms with E-state index in [0.717, 1.165) is 19.3 Å². The first kappa shape index (κ1) is 42.5. The van der Waals surface area contributed by atoms with Gasteiger partial charge in [0.25, 0.3) is 0 Å². The van der Waals surface area contributed by atoms with Crippen LogP contribution in [0.2, 0.25) is 0 Å². The predicted octanol–water partition coefficient (Wildman–Crippen LogP) is 3.49. The number of carbonyl (C=O) groups excluding carboxylic acids is 3. The van der Waals surface area contributed by atoms with Crippen LogP contribution in [0.15, 0.2) is 48.8 Å². The van der Waals surface area contributed by atoms with Crippen LogP contribution in [0, 0.1) is 23.2 Å². The van der Waals surface area contributed by atoms with Crippen molar-refractivity contribution in [2.75, 3.05) is 12.3 Å². The van der Waals surface area contributed by atoms with Gasteiger partial charge in [-0.3, -0.25) is 18.9 Å². The molecule has 1 aromatic carbocycles. The minimum atomic E-state index is -4.63. The van der Waals surface area contributed by atoms with E-state index in [-0.39, 0.29) is 29.3 Å². The van der Waals surface area contributed by atoms with Gasteiger partial charge in [-0.1, -0.05) is 52.3 Å². The van der Waals surface area contributed by atoms with Gasteiger partial charge in [0, 0.05) is 0 Å². The molecule has 2 fully saturated rings. The fourth-order valence-corrected chi connectivity index (χ4v) is 7.84. The summed E-state index contributed by atoms with van der Waals surface area (Å²) in [4.78, 5) is 44.4. The van der Waals surface area contributed by atoms with Gasteiger partial charge < -0.3 is 40.7 Å². The number of para-hydroxylation sites is 1. The number of nitrogens with zero attached hydrogens (tertiary/aromatic N) is 4. The number of hydrogen-bond acceptors (Lipinski definition) is 16. The molecule has 2 unspecified atom stereocenters. The quantitative estimate of drug-likeness (QED) is 0.0917. The van der Waals surface area contributed by atoms with Crippen molar-refractivity contribution in [3.8, 4) is 11.8 Å². The van der Waals surface area contributed by atoms with Gasteiger partial charge in [0.05, 0.1) is 5.69 Å². The summed E-state index contributed by atoms with van der Waals surface area (Å²) in [6.07, 6.45) is 0.487. The molecule has 5 rings (SSSR count). The Kier molecular flexibility index (Phi) is 13.7. The number of nitrogens with one attached hydrogen (secondary N) is 1. The molecule has 56 heavy (non-hydrogen) atoms. The van der Waals surface area contributed by atoms with Crippen molar-refractivity contribution in [2.24, 2.45) is 23.3 Å². The third-order valence-corrected chi connectivity index (χ3v) is 11.4. The van der Waals surface area contributed by atoms with Crippen LogP contribution in [0.1, 0.15) is 78.5 Å². The van der Waals surface area contributed by atoms with Crippen molar-refractivity contribution in [1.82, 2.24) is 19.7 Å². The number of anilines is 1. The van der Waals surface area contributed by atoms with Crippen molar-refractivity contribution >= 4 is 37.0 Å². The van der Waals surface area contributed by atoms with Gasteiger partial charge in [0.2, 0.25) is 5.60 Å². The van der Waals surface area contributed by atoms with Gasteiger partial charge in [-0.05, 0) is 68.7 Å². The van der Waals surface area contributed by atoms with Gasteiger partial charge in [0.15, 0.2) is 18.0 Å². The summed E-state index contributed by atoms with van der Waals surface area (Å²) in [7, 11) is -4.63. The average Bonchev–Trinajstić information content (AvgIpc) is 3.74. The summed E-state index contributed by atoms with van der Waals surface area (Å²) in [5.41, 5.74) is 16.7. The summed E-state index contributed by atoms with van der Waals surface area (Å²) in [6.45, 7) is 7.34. The maximum atomic E-state index is 14.7. The topological polar surface area (TPSA) is 268 Å². The van der Waals surface area contributed by atoms with E-state index < -0.39 is 80.2 Å². The van der Waals surface area contributed by atoms with E-state index in [4.69, 9.17) is 45.2 Å². The van der Waals surface area contributed by atoms with Crippen molar-refractivity contribution < 1.29 is 46.9 Å². The highest BCUT2D eigenvalue weighted by molar-refractivity contribution is 7.52. The first-order chi connectivity index (χ1) is 26.6. The number of rotatable bonds is 16. The SMILES string of the molecule is CC(C)C(N)C(=O)O[C@H]1[C@H](c2ccc3c(N)ncnn23)O[C@](C#N)(CO[P@@](=O)(N[C@@H](C)C(=O)OC2CCCCC2)Oc2ccccc2)[C@H]1OC(=O)C(N)C(C)C. The minimum absolute atomic E-state index is 0.102. The molecule has 2 aromatic heterocycles. The van der Waals surface area contributed by atoms with E-state index in [1.165, 1.54) is 29.9 Å². The van der Waals surface area contributed by atoms with E-state index in [2.05, 4.69) is 15.2 Å². The molecular weight excluding hydrogens is 747 g/mol. The third-order valence-electron chi connectivity index (χ3n) is 9.82. The molecule has 1 aliphatic heterocycles. The number of aromatic nitrogens is 3. The molecule has 1 saturated carbocycles. The first-order valence-electron chi connectivity index (χ1n) is 18.6. The van der Waals surface area contributed by atoms with Crippen molar-refractivity contribution in [2.45, 2.75) is 115 Å². The zero-order valence-electron chi connectivity index (χ0n) is 32.1. The zero-order chi connectivity index (χ0) is 40.8. The van der Waals surface area contributed by atoms with Crippen LogP contribution in [0.3, 0.4) is 0 Å². The number of fused-ring (bicyclic) bond motifs is 1. The lowest BCUT2D eigenvalue weighted by atomic mass is 9.95. The molecule has 304 valence electrons. The second kappa shape index (κ2) is 18.1. The largest absolute Gasteiger partial charge is 0.461 e. The number of ether oxygens (including phenoxy) is 4. The molecular formula is C37H51N8O10P. The van der Waals surface area contributed by atoms with E-state index in [1.807, 2.05) is 6.07 Å². The summed E-state index contributed by atoms with van der Waals surface area (Å²) in [5.74, 6) is -3.09. The number of carbonyl (C=O) groups is 3. The molecule has 18 nitrogen and oxygen atoms in total. The summed E-state index contributed by atoms with van der Waals surface area (Å²) in [5, 5.41) is 17.9. The Hall–Kier alpha value is -4.63. The highest BCUT2D eigenvalue weighted by atomic mass is 31.2. The predicted molar refractivity (Wildman–Crippen MR) is 201 cm³/mol. The Labute approximate surface area is 325 Å². The maximum absolute atomic E-state index is 14.7. The monoisotopic (exact) mass is 798 g/mol. The number of hydrogen-bond donors (Lipinski definition) is 4. The standard InChI is InChI=1S/C37H51N8O10P/c1-21(2)28(39)35(47)52-31-30(26-16-17-27-33(41)42-20-43-45(26)27)54-37(18-38,32(31)53-36(48)29(40)22(3)4)19-50-56(49,55-25-14-10-7-11-15-25)44-23(5)34(46)51-24-12-8-6-9-13-24/h7,10-11,14-17,20-24,28-32H,6,8-9,12-13,19,39-40H2,1-5H3,(H,44,49)(H2,41,42,43)/t23-,28?,29?,30-,31-,32-,37+,56-/m0/s1. The number of nitrogen functional groups attached to an aromatic ring is 1. The Bertz CT molecular complexity index is 1930. The third kappa shape index (κ3) is 9.66. The highest BCUT2D eigenvalue weighted by Gasteiger charge is 2.62. The molecule has 3 aromatic rings. The first-order valence-corrected chi connectivity index (χ1v) is 20.2. The highest BCUT2D eigenvalue weighted by Crippen LogP contribution is 2.50. The van der Waals surface area contributed by atoms with Gasteiger partial charge in [-0.15, -0.1) is 0 Å². The van der Waals surface area contributed by atoms with Crippen LogP contribution in [0.5, 0.6) is 5.75 Å². The van der Waals surface area contributed by atoms with Crippen LogP contribution in [-0.2, 0) is 42.4 Å². The van der Waals surface area contributed by atoms with Crippen LogP contribution in [0.25, 0.3) is 5.52 Å². The Morgan fingerprint density at radius 2 is 1.61 bits per heavy atom. The minimum Gasteiger partial charge on any atom is -0.461 e. The van der Waals surface area contributed by atoms with E-state index in [9.17, 15) is 24.2 Å². The molecule has 1 aliphatic carbocycles. The molecule has 3 heterocycles. The van der Waals surface area contributed by atoms with Crippen LogP contribution in [-0.4, -0.2) is 81.2 Å². The van der Waals surface area contributed by atoms with Crippen LogP contribution >= 0.6 is 7.75 Å². The lowest BCUT2D eigenvalue weighted by Gasteiger charge is -2.32. The number of nitrogens with two attached hydrogens (primary N) is 3. The zero-order valence-corrected chi connectivity index (χ0v) is 33.0. The van der Waals surface area contributed by atoms with Crippen molar-refractivity contribution in [1.29, 1.82) is 5.26 Å². The smallest absolute Gasteiger partial charge is 0.459 e. The molecule has 7 N–H and O–H groups in total. The second-order valence-corrected chi connectivity index (χ2v) is 16.5. The molecule has 0 amide bonds. The molecule has 0 radical (unpaired) electrons. The lowest BCUT2D eigenvalue weighted by molar-refractivity contribution is -0.172. The Morgan fingerprint density at radius 1 is 0.964 bits per heavy atom. The fraction of sp³-hybridized carbons (Fsp3) is 0.568. The maximum Gasteiger partial charge on any atom is 0.459 e. The Morgan fingerprint density at radius 3 is 2.23 bits per heavy atom. The summed E-state index contributed by atoms with van der Waals surface area (Å²) >= 11 is 0. The van der Waals surface area contributed by atoms with Crippen molar-refractivity contribution in [3.63, 3.8) is 0 Å². The second-order valence-electron chi connectivity index (χ2n) is 14.8. The van der Waals surface area contributed by atoms with Gasteiger partial charge in [0.1, 0.15) is 60.6 Å². The van der Waals surface area contributed by atoms with Gasteiger partial charge >= 0.3 is 25.7 Å². The number of nitriles is 1. The Balaban J connectivity index is 1.55. The van der Waals surface area contributed by atoms with E-state index in [0.29, 0.717) is 18.4 Å². The lowest BCUT2D eigenvalue weighted by Crippen LogP contribution is -2.53. The normalized spacial score (nSPS) is 24.2. The van der Waals surface area contributed by atoms with Crippen LogP contribution in [0.4, 0.5) is 5.82 Å². The number of esters is 3. The molecule has 19 heteroatoms. The fourth-order valence-electron chi connectivity index (χ4n) is 6.32. The molecule has 8 atom stereocenters. The molecule has 2 aliphatic rings. The summed E-state index contributed by atoms with van der Waals surface area (Å²) in [6, 6.07) is 9.68. The van der Waals surface area contributed by atoms with Crippen LogP contribution < -0.4 is 26.8 Å². The molecule has 1 saturated heterocycles. The molecule has 0 spiro atoms. The average molecular weight is 799 g/mol. The van der Waals surface area contributed by atoms with E-state index in [1.54, 1.807) is 58.0 Å². The van der Waals surface area contributed by atoms with Crippen molar-refractivity contribution in [3.05, 3.63) is 54.5 Å². The number of benzene rings is 1. The van der Waals surface area contributed by atoms with Gasteiger partial charge in [-0.25, -0.2) is 14.1 Å². The molecule has 0 bridgehead atoms. The van der Waals surface area contributed by atoms with E-state index >= 15 is 0 Å². The summed E-state index contributed by atoms with van der Waals surface area (Å²) < 4.78 is 52.0. The van der Waals surface area contributed by atoms with Gasteiger partial charge in [-0.2, -0.15) is 15.4 Å².